The number of hydrogen-bond acceptors (Lipinski definition) is 1. The van der Waals surface area contributed by atoms with Crippen molar-refractivity contribution < 1.29 is 0 Å². The molecular formula is C10H18B3N. The number of rotatable bonds is 2. The highest BCUT2D eigenvalue weighted by Crippen LogP contribution is 2.04. The van der Waals surface area contributed by atoms with Crippen LogP contribution in [0.15, 0.2) is 6.07 Å². The summed E-state index contributed by atoms with van der Waals surface area (Å²) in [5.41, 5.74) is 7.14. The zero-order valence-corrected chi connectivity index (χ0v) is 10.2. The average molecular weight is 185 g/mol. The van der Waals surface area contributed by atoms with Gasteiger partial charge in [-0.3, -0.25) is 0 Å². The lowest BCUT2D eigenvalue weighted by molar-refractivity contribution is 1.14. The molecule has 0 aliphatic rings. The van der Waals surface area contributed by atoms with Gasteiger partial charge in [0.2, 0.25) is 0 Å². The molecule has 0 bridgehead atoms. The number of benzene rings is 1. The van der Waals surface area contributed by atoms with E-state index in [1.54, 1.807) is 0 Å². The molecule has 0 aromatic heterocycles. The fourth-order valence-electron chi connectivity index (χ4n) is 2.09. The Hall–Kier alpha value is -0.785. The summed E-state index contributed by atoms with van der Waals surface area (Å²) in [4.78, 5) is 2.20. The number of anilines is 1. The van der Waals surface area contributed by atoms with Gasteiger partial charge in [0.05, 0.1) is 0 Å². The summed E-state index contributed by atoms with van der Waals surface area (Å²) >= 11 is 0. The molecule has 0 atom stereocenters. The van der Waals surface area contributed by atoms with E-state index < -0.39 is 0 Å². The van der Waals surface area contributed by atoms with Crippen molar-refractivity contribution in [3.63, 3.8) is 0 Å². The summed E-state index contributed by atoms with van der Waals surface area (Å²) in [6.07, 6.45) is 0. The first-order chi connectivity index (χ1) is 6.49. The van der Waals surface area contributed by atoms with Gasteiger partial charge in [-0.1, -0.05) is 28.8 Å². The maximum absolute atomic E-state index is 2.28. The smallest absolute Gasteiger partial charge is 0.154 e. The van der Waals surface area contributed by atoms with Crippen LogP contribution in [-0.2, 0) is 0 Å². The topological polar surface area (TPSA) is 3.24 Å². The normalized spacial score (nSPS) is 10.0. The Kier molecular flexibility index (Phi) is 3.36. The summed E-state index contributed by atoms with van der Waals surface area (Å²) in [5.74, 6) is 0. The van der Waals surface area contributed by atoms with Gasteiger partial charge in [-0.2, -0.15) is 0 Å². The molecule has 4 heteroatoms. The lowest BCUT2D eigenvalue weighted by Crippen LogP contribution is -2.40. The molecule has 1 aromatic carbocycles. The van der Waals surface area contributed by atoms with Gasteiger partial charge in [-0.05, 0) is 13.0 Å². The summed E-state index contributed by atoms with van der Waals surface area (Å²) < 4.78 is 0. The van der Waals surface area contributed by atoms with Gasteiger partial charge < -0.3 is 4.90 Å². The summed E-state index contributed by atoms with van der Waals surface area (Å²) in [5, 5.41) is 0. The standard InChI is InChI=1S/C10H18B3N/c1-6-7(11)5-8(14(3)4)9(12)10(6)13-2/h5,13H,11-12H2,1-4H3. The van der Waals surface area contributed by atoms with Crippen LogP contribution in [0.3, 0.4) is 0 Å². The molecule has 72 valence electrons. The van der Waals surface area contributed by atoms with Crippen molar-refractivity contribution in [2.45, 2.75) is 13.7 Å². The van der Waals surface area contributed by atoms with Crippen molar-refractivity contribution in [2.75, 3.05) is 19.0 Å². The second-order valence-corrected chi connectivity index (χ2v) is 4.19. The third kappa shape index (κ3) is 1.84. The Labute approximate surface area is 89.9 Å². The third-order valence-corrected chi connectivity index (χ3v) is 3.07. The zero-order valence-electron chi connectivity index (χ0n) is 10.2. The average Bonchev–Trinajstić information content (AvgIpc) is 2.12. The van der Waals surface area contributed by atoms with Gasteiger partial charge in [0.15, 0.2) is 7.28 Å². The first-order valence-electron chi connectivity index (χ1n) is 5.26. The van der Waals surface area contributed by atoms with E-state index in [9.17, 15) is 0 Å². The number of nitrogens with zero attached hydrogens (tertiary/aromatic N) is 1. The number of hydrogen-bond donors (Lipinski definition) is 0. The Morgan fingerprint density at radius 3 is 2.29 bits per heavy atom. The van der Waals surface area contributed by atoms with E-state index in [1.165, 1.54) is 27.6 Å². The predicted molar refractivity (Wildman–Crippen MR) is 74.5 cm³/mol. The maximum Gasteiger partial charge on any atom is 0.154 e. The quantitative estimate of drug-likeness (QED) is 0.467. The summed E-state index contributed by atoms with van der Waals surface area (Å²) in [6, 6.07) is 2.28. The summed E-state index contributed by atoms with van der Waals surface area (Å²) in [7, 11) is 9.76. The first-order valence-corrected chi connectivity index (χ1v) is 5.26. The maximum atomic E-state index is 2.28. The molecule has 0 fully saturated rings. The minimum absolute atomic E-state index is 1.13. The van der Waals surface area contributed by atoms with Crippen LogP contribution in [-0.4, -0.2) is 37.1 Å². The van der Waals surface area contributed by atoms with E-state index in [1.807, 2.05) is 0 Å². The van der Waals surface area contributed by atoms with Crippen LogP contribution < -0.4 is 21.3 Å². The molecule has 1 nitrogen and oxygen atoms in total. The molecule has 0 aliphatic carbocycles. The zero-order chi connectivity index (χ0) is 10.9. The third-order valence-electron chi connectivity index (χ3n) is 3.07. The highest BCUT2D eigenvalue weighted by atomic mass is 15.1. The predicted octanol–water partition coefficient (Wildman–Crippen LogP) is -2.31. The van der Waals surface area contributed by atoms with Gasteiger partial charge in [-0.25, -0.2) is 0 Å². The van der Waals surface area contributed by atoms with E-state index in [0.717, 1.165) is 7.28 Å². The molecule has 0 heterocycles. The van der Waals surface area contributed by atoms with E-state index in [0.29, 0.717) is 0 Å². The molecule has 1 aromatic rings. The van der Waals surface area contributed by atoms with Crippen molar-refractivity contribution in [3.05, 3.63) is 11.6 Å². The highest BCUT2D eigenvalue weighted by Gasteiger charge is 2.09. The minimum atomic E-state index is 1.13. The lowest BCUT2D eigenvalue weighted by atomic mass is 9.62. The molecule has 1 rings (SSSR count). The van der Waals surface area contributed by atoms with E-state index in [-0.39, 0.29) is 0 Å². The summed E-state index contributed by atoms with van der Waals surface area (Å²) in [6.45, 7) is 4.45. The van der Waals surface area contributed by atoms with Crippen molar-refractivity contribution in [2.24, 2.45) is 0 Å². The SMILES string of the molecule is Bc1cc(N(C)C)c(B)c(BC)c1C. The molecule has 0 aliphatic heterocycles. The highest BCUT2D eigenvalue weighted by molar-refractivity contribution is 6.62. The van der Waals surface area contributed by atoms with Gasteiger partial charge in [0.1, 0.15) is 15.7 Å². The van der Waals surface area contributed by atoms with Crippen LogP contribution in [0, 0.1) is 6.92 Å². The monoisotopic (exact) mass is 185 g/mol. The van der Waals surface area contributed by atoms with Crippen molar-refractivity contribution in [1.82, 2.24) is 0 Å². The van der Waals surface area contributed by atoms with Crippen LogP contribution in [0.5, 0.6) is 0 Å². The molecule has 0 radical (unpaired) electrons. The van der Waals surface area contributed by atoms with Crippen LogP contribution >= 0.6 is 0 Å². The van der Waals surface area contributed by atoms with Crippen molar-refractivity contribution in [1.29, 1.82) is 0 Å². The molecule has 0 saturated heterocycles. The van der Waals surface area contributed by atoms with Crippen LogP contribution in [0.4, 0.5) is 5.69 Å². The second-order valence-electron chi connectivity index (χ2n) is 4.19. The fourth-order valence-corrected chi connectivity index (χ4v) is 2.09. The largest absolute Gasteiger partial charge is 0.378 e. The Morgan fingerprint density at radius 1 is 1.29 bits per heavy atom. The second kappa shape index (κ2) is 4.16. The van der Waals surface area contributed by atoms with E-state index >= 15 is 0 Å². The van der Waals surface area contributed by atoms with Gasteiger partial charge >= 0.3 is 0 Å². The fraction of sp³-hybridized carbons (Fsp3) is 0.400. The van der Waals surface area contributed by atoms with Gasteiger partial charge in [0.25, 0.3) is 0 Å². The Balaban J connectivity index is 3.42. The van der Waals surface area contributed by atoms with Crippen molar-refractivity contribution >= 4 is 45.0 Å². The lowest BCUT2D eigenvalue weighted by Gasteiger charge is -2.21. The van der Waals surface area contributed by atoms with Gasteiger partial charge in [-0.15, -0.1) is 0 Å². The van der Waals surface area contributed by atoms with Crippen LogP contribution in [0.25, 0.3) is 0 Å². The van der Waals surface area contributed by atoms with Gasteiger partial charge in [0, 0.05) is 19.8 Å². The molecule has 14 heavy (non-hydrogen) atoms. The first kappa shape index (κ1) is 11.3. The Morgan fingerprint density at radius 2 is 1.86 bits per heavy atom. The molecule has 0 N–H and O–H groups in total. The van der Waals surface area contributed by atoms with Crippen molar-refractivity contribution in [3.8, 4) is 0 Å². The Bertz CT molecular complexity index is 348. The molecular weight excluding hydrogens is 167 g/mol. The van der Waals surface area contributed by atoms with E-state index in [2.05, 4.69) is 54.5 Å². The molecule has 0 unspecified atom stereocenters. The molecule has 0 saturated carbocycles. The van der Waals surface area contributed by atoms with Crippen LogP contribution in [0.1, 0.15) is 5.56 Å². The molecule has 0 spiro atoms. The minimum Gasteiger partial charge on any atom is -0.378 e. The molecule has 0 amide bonds. The van der Waals surface area contributed by atoms with Crippen LogP contribution in [0.2, 0.25) is 6.82 Å². The van der Waals surface area contributed by atoms with E-state index in [4.69, 9.17) is 0 Å².